The van der Waals surface area contributed by atoms with Crippen molar-refractivity contribution in [2.24, 2.45) is 0 Å². The molecule has 5 nitrogen and oxygen atoms in total. The van der Waals surface area contributed by atoms with Gasteiger partial charge in [-0.25, -0.2) is 4.39 Å². The van der Waals surface area contributed by atoms with Crippen LogP contribution in [0.25, 0.3) is 0 Å². The van der Waals surface area contributed by atoms with Gasteiger partial charge in [0.15, 0.2) is 18.8 Å². The molecule has 144 valence electrons. The Balaban J connectivity index is 1.51. The van der Waals surface area contributed by atoms with Crippen molar-refractivity contribution in [1.82, 2.24) is 0 Å². The number of benzene rings is 2. The summed E-state index contributed by atoms with van der Waals surface area (Å²) in [6.07, 6.45) is -4.91. The topological polar surface area (TPSA) is 46.2 Å². The smallest absolute Gasteiger partial charge is 0.191 e. The normalized spacial score (nSPS) is 33.4. The molecule has 0 radical (unpaired) electrons. The van der Waals surface area contributed by atoms with Crippen molar-refractivity contribution in [3.63, 3.8) is 0 Å². The van der Waals surface area contributed by atoms with Gasteiger partial charge in [-0.3, -0.25) is 0 Å². The summed E-state index contributed by atoms with van der Waals surface area (Å²) in [6, 6.07) is 19.2. The summed E-state index contributed by atoms with van der Waals surface area (Å²) in [5, 5.41) is 0. The molecule has 0 aliphatic carbocycles. The van der Waals surface area contributed by atoms with Gasteiger partial charge in [0, 0.05) is 12.7 Å². The van der Waals surface area contributed by atoms with Gasteiger partial charge in [0.25, 0.3) is 0 Å². The number of rotatable bonds is 5. The van der Waals surface area contributed by atoms with Crippen molar-refractivity contribution in [3.05, 3.63) is 71.8 Å². The Labute approximate surface area is 157 Å². The summed E-state index contributed by atoms with van der Waals surface area (Å²) >= 11 is 0. The predicted molar refractivity (Wildman–Crippen MR) is 95.6 cm³/mol. The highest BCUT2D eigenvalue weighted by atomic mass is 19.1. The fourth-order valence-electron chi connectivity index (χ4n) is 3.46. The van der Waals surface area contributed by atoms with E-state index >= 15 is 4.39 Å². The van der Waals surface area contributed by atoms with Crippen molar-refractivity contribution in [3.8, 4) is 0 Å². The van der Waals surface area contributed by atoms with Gasteiger partial charge in [-0.05, 0) is 5.56 Å². The van der Waals surface area contributed by atoms with E-state index in [1.54, 1.807) is 0 Å². The van der Waals surface area contributed by atoms with Gasteiger partial charge in [0.05, 0.1) is 13.2 Å². The maximum absolute atomic E-state index is 15.0. The molecule has 6 heteroatoms. The highest BCUT2D eigenvalue weighted by Gasteiger charge is 2.51. The van der Waals surface area contributed by atoms with E-state index in [1.165, 1.54) is 7.11 Å². The Morgan fingerprint density at radius 1 is 1.00 bits per heavy atom. The third-order valence-electron chi connectivity index (χ3n) is 4.85. The third kappa shape index (κ3) is 4.05. The molecule has 0 N–H and O–H groups in total. The molecule has 2 heterocycles. The lowest BCUT2D eigenvalue weighted by Gasteiger charge is -2.46. The summed E-state index contributed by atoms with van der Waals surface area (Å²) in [5.41, 5.74) is 1.84. The molecular weight excluding hydrogens is 351 g/mol. The molecule has 0 amide bonds. The molecule has 0 aromatic heterocycles. The van der Waals surface area contributed by atoms with Gasteiger partial charge in [-0.1, -0.05) is 60.7 Å². The monoisotopic (exact) mass is 374 g/mol. The van der Waals surface area contributed by atoms with Crippen LogP contribution in [0.1, 0.15) is 17.4 Å². The first-order valence-corrected chi connectivity index (χ1v) is 9.06. The number of halogens is 1. The Morgan fingerprint density at radius 2 is 1.70 bits per heavy atom. The number of hydrogen-bond donors (Lipinski definition) is 0. The first-order valence-electron chi connectivity index (χ1n) is 9.06. The molecule has 6 atom stereocenters. The van der Waals surface area contributed by atoms with E-state index in [-0.39, 0.29) is 13.2 Å². The molecule has 2 saturated heterocycles. The highest BCUT2D eigenvalue weighted by molar-refractivity contribution is 5.17. The molecule has 0 bridgehead atoms. The summed E-state index contributed by atoms with van der Waals surface area (Å²) < 4.78 is 43.7. The fourth-order valence-corrected chi connectivity index (χ4v) is 3.46. The van der Waals surface area contributed by atoms with Crippen LogP contribution in [0.3, 0.4) is 0 Å². The van der Waals surface area contributed by atoms with Gasteiger partial charge in [0.1, 0.15) is 18.3 Å². The van der Waals surface area contributed by atoms with Crippen molar-refractivity contribution in [2.45, 2.75) is 43.7 Å². The zero-order chi connectivity index (χ0) is 18.6. The molecule has 2 aromatic rings. The molecule has 2 aliphatic heterocycles. The zero-order valence-electron chi connectivity index (χ0n) is 15.1. The van der Waals surface area contributed by atoms with Crippen LogP contribution in [0.15, 0.2) is 60.7 Å². The number of methoxy groups -OCH3 is 1. The van der Waals surface area contributed by atoms with E-state index in [4.69, 9.17) is 23.7 Å². The minimum Gasteiger partial charge on any atom is -0.367 e. The van der Waals surface area contributed by atoms with Crippen LogP contribution in [0.4, 0.5) is 4.39 Å². The first-order chi connectivity index (χ1) is 13.3. The molecule has 0 saturated carbocycles. The molecule has 4 rings (SSSR count). The second kappa shape index (κ2) is 8.46. The van der Waals surface area contributed by atoms with Gasteiger partial charge < -0.3 is 23.7 Å². The molecule has 27 heavy (non-hydrogen) atoms. The lowest BCUT2D eigenvalue weighted by Crippen LogP contribution is -2.61. The second-order valence-electron chi connectivity index (χ2n) is 6.66. The van der Waals surface area contributed by atoms with Crippen LogP contribution < -0.4 is 0 Å². The number of hydrogen-bond acceptors (Lipinski definition) is 5. The molecule has 0 spiro atoms. The van der Waals surface area contributed by atoms with Gasteiger partial charge in [-0.15, -0.1) is 0 Å². The van der Waals surface area contributed by atoms with E-state index in [9.17, 15) is 0 Å². The summed E-state index contributed by atoms with van der Waals surface area (Å²) in [6.45, 7) is 0.563. The predicted octanol–water partition coefficient (Wildman–Crippen LogP) is 3.40. The summed E-state index contributed by atoms with van der Waals surface area (Å²) in [5.74, 6) is 0. The quantitative estimate of drug-likeness (QED) is 0.803. The number of ether oxygens (including phenoxy) is 5. The minimum absolute atomic E-state index is 0.280. The zero-order valence-corrected chi connectivity index (χ0v) is 15.1. The molecular formula is C21H23FO5. The summed E-state index contributed by atoms with van der Waals surface area (Å²) in [7, 11) is 1.42. The average molecular weight is 374 g/mol. The van der Waals surface area contributed by atoms with E-state index in [2.05, 4.69) is 0 Å². The van der Waals surface area contributed by atoms with Crippen LogP contribution in [-0.2, 0) is 30.3 Å². The standard InChI is InChI=1S/C21H23FO5/c1-23-21-17(22)19(24-12-14-8-4-2-5-9-14)18-16(26-21)13-25-20(27-18)15-10-6-3-7-11-15/h2-11,16-21H,12-13H2,1H3/t16-,17-,18-,19-,20?,21+/m1/s1. The van der Waals surface area contributed by atoms with Gasteiger partial charge in [-0.2, -0.15) is 0 Å². The minimum atomic E-state index is -1.46. The van der Waals surface area contributed by atoms with E-state index in [0.29, 0.717) is 0 Å². The highest BCUT2D eigenvalue weighted by Crippen LogP contribution is 2.36. The largest absolute Gasteiger partial charge is 0.367 e. The lowest BCUT2D eigenvalue weighted by molar-refractivity contribution is -0.356. The van der Waals surface area contributed by atoms with Crippen LogP contribution in [0.2, 0.25) is 0 Å². The van der Waals surface area contributed by atoms with Crippen LogP contribution >= 0.6 is 0 Å². The second-order valence-corrected chi connectivity index (χ2v) is 6.66. The van der Waals surface area contributed by atoms with E-state index in [0.717, 1.165) is 11.1 Å². The Morgan fingerprint density at radius 3 is 2.41 bits per heavy atom. The Kier molecular flexibility index (Phi) is 5.80. The Bertz CT molecular complexity index is 713. The molecule has 2 aliphatic rings. The van der Waals surface area contributed by atoms with Crippen LogP contribution in [0.5, 0.6) is 0 Å². The molecule has 2 aromatic carbocycles. The van der Waals surface area contributed by atoms with Crippen molar-refractivity contribution < 1.29 is 28.1 Å². The third-order valence-corrected chi connectivity index (χ3v) is 4.85. The summed E-state index contributed by atoms with van der Waals surface area (Å²) in [4.78, 5) is 0. The molecule has 1 unspecified atom stereocenters. The maximum atomic E-state index is 15.0. The van der Waals surface area contributed by atoms with Gasteiger partial charge >= 0.3 is 0 Å². The van der Waals surface area contributed by atoms with Gasteiger partial charge in [0.2, 0.25) is 0 Å². The van der Waals surface area contributed by atoms with E-state index < -0.39 is 37.1 Å². The first kappa shape index (κ1) is 18.5. The number of fused-ring (bicyclic) bond motifs is 1. The van der Waals surface area contributed by atoms with Crippen LogP contribution in [-0.4, -0.2) is 44.5 Å². The lowest BCUT2D eigenvalue weighted by atomic mass is 9.98. The average Bonchev–Trinajstić information content (AvgIpc) is 2.74. The number of alkyl halides is 1. The maximum Gasteiger partial charge on any atom is 0.191 e. The van der Waals surface area contributed by atoms with Crippen molar-refractivity contribution in [1.29, 1.82) is 0 Å². The Hall–Kier alpha value is -1.83. The van der Waals surface area contributed by atoms with Crippen LogP contribution in [0, 0.1) is 0 Å². The van der Waals surface area contributed by atoms with Crippen molar-refractivity contribution in [2.75, 3.05) is 13.7 Å². The van der Waals surface area contributed by atoms with E-state index in [1.807, 2.05) is 60.7 Å². The molecule has 2 fully saturated rings. The fraction of sp³-hybridized carbons (Fsp3) is 0.429. The van der Waals surface area contributed by atoms with Crippen molar-refractivity contribution >= 4 is 0 Å². The SMILES string of the molecule is CO[C@H]1O[C@@H]2COC(c3ccccc3)O[C@H]2[C@H](OCc2ccccc2)[C@H]1F.